The predicted octanol–water partition coefficient (Wildman–Crippen LogP) is 4.01. The molecule has 2 fully saturated rings. The van der Waals surface area contributed by atoms with Gasteiger partial charge in [-0.2, -0.15) is 9.40 Å². The van der Waals surface area contributed by atoms with E-state index in [0.717, 1.165) is 6.07 Å². The molecule has 0 aliphatic carbocycles. The molecule has 4 heterocycles. The third kappa shape index (κ3) is 8.15. The molecule has 0 bridgehead atoms. The Kier molecular flexibility index (Phi) is 6.88. The molecule has 1 amide bonds. The molecule has 48 heavy (non-hydrogen) atoms. The van der Waals surface area contributed by atoms with E-state index in [-0.39, 0.29) is 30.9 Å². The van der Waals surface area contributed by atoms with Crippen molar-refractivity contribution in [3.63, 3.8) is 0 Å². The second-order valence-electron chi connectivity index (χ2n) is 11.1. The summed E-state index contributed by atoms with van der Waals surface area (Å²) in [7, 11) is -4.95. The van der Waals surface area contributed by atoms with Crippen LogP contribution in [0.4, 0.5) is 4.79 Å². The summed E-state index contributed by atoms with van der Waals surface area (Å²) in [5, 5.41) is 23.2. The molecule has 2 saturated heterocycles. The Morgan fingerprint density at radius 3 is 2.92 bits per heavy atom. The van der Waals surface area contributed by atoms with E-state index < -0.39 is 97.3 Å². The van der Waals surface area contributed by atoms with E-state index in [0.29, 0.717) is 25.8 Å². The van der Waals surface area contributed by atoms with Crippen molar-refractivity contribution in [3.05, 3.63) is 70.3 Å². The molecule has 2 aliphatic heterocycles. The summed E-state index contributed by atoms with van der Waals surface area (Å²) in [5.74, 6) is -4.43. The number of H-pyrrole nitrogens is 1. The number of rotatable bonds is 14. The summed E-state index contributed by atoms with van der Waals surface area (Å²) >= 11 is 1.23. The number of thiazole rings is 1. The van der Waals surface area contributed by atoms with Crippen LogP contribution < -0.4 is 10.1 Å². The van der Waals surface area contributed by atoms with Gasteiger partial charge >= 0.3 is 6.09 Å². The average Bonchev–Trinajstić information content (AvgIpc) is 3.94. The number of alkyl carbamates (subject to hydrolysis) is 1. The van der Waals surface area contributed by atoms with Gasteiger partial charge in [-0.25, -0.2) is 18.2 Å². The number of ether oxygens (including phenoxy) is 4. The number of hydrogen-bond acceptors (Lipinski definition) is 11. The number of aliphatic hydroxyl groups is 1. The van der Waals surface area contributed by atoms with Crippen molar-refractivity contribution in [3.8, 4) is 5.75 Å². The van der Waals surface area contributed by atoms with E-state index in [2.05, 4.69) is 20.5 Å². The summed E-state index contributed by atoms with van der Waals surface area (Å²) in [6, 6.07) is 7.68. The van der Waals surface area contributed by atoms with Gasteiger partial charge in [-0.05, 0) is 61.6 Å². The molecule has 0 radical (unpaired) electrons. The number of fused-ring (bicyclic) bond motifs is 2. The zero-order chi connectivity index (χ0) is 44.3. The number of aliphatic hydroxyl groups excluding tert-OH is 1. The molecule has 3 N–H and O–H groups in total. The number of sulfonamides is 1. The second-order valence-corrected chi connectivity index (χ2v) is 14.1. The molecule has 2 aromatic carbocycles. The van der Waals surface area contributed by atoms with Gasteiger partial charge < -0.3 is 29.4 Å². The van der Waals surface area contributed by atoms with Crippen LogP contribution in [0.15, 0.2) is 58.9 Å². The topological polar surface area (TPSA) is 165 Å². The zero-order valence-corrected chi connectivity index (χ0v) is 27.1. The van der Waals surface area contributed by atoms with Crippen molar-refractivity contribution in [2.24, 2.45) is 11.8 Å². The summed E-state index contributed by atoms with van der Waals surface area (Å²) in [4.78, 5) is 17.3. The van der Waals surface area contributed by atoms with E-state index in [1.165, 1.54) is 59.3 Å². The predicted molar refractivity (Wildman–Crippen MR) is 178 cm³/mol. The molecule has 4 aromatic rings. The van der Waals surface area contributed by atoms with Gasteiger partial charge in [0.05, 0.1) is 65.4 Å². The maximum atomic E-state index is 14.4. The molecule has 2 aliphatic rings. The van der Waals surface area contributed by atoms with Gasteiger partial charge in [0.2, 0.25) is 10.0 Å². The van der Waals surface area contributed by atoms with Crippen molar-refractivity contribution >= 4 is 38.4 Å². The lowest BCUT2D eigenvalue weighted by atomic mass is 10.0. The number of amides is 1. The third-order valence-electron chi connectivity index (χ3n) is 7.67. The van der Waals surface area contributed by atoms with Crippen molar-refractivity contribution < 1.29 is 53.7 Å². The molecule has 0 spiro atoms. The number of aryl methyl sites for hydroxylation is 1. The lowest BCUT2D eigenvalue weighted by Crippen LogP contribution is -2.51. The van der Waals surface area contributed by atoms with Crippen LogP contribution in [-0.4, -0.2) is 89.9 Å². The number of aromatic amines is 1. The van der Waals surface area contributed by atoms with Crippen LogP contribution in [-0.2, 0) is 37.2 Å². The number of nitrogens with one attached hydrogen (secondary N) is 2. The minimum Gasteiger partial charge on any atom is -0.487 e. The Bertz CT molecular complexity index is 2280. The smallest absolute Gasteiger partial charge is 0.407 e. The minimum absolute atomic E-state index is 0.0394. The molecule has 6 rings (SSSR count). The van der Waals surface area contributed by atoms with Crippen molar-refractivity contribution in [1.29, 1.82) is 0 Å². The molecular weight excluding hydrogens is 659 g/mol. The van der Waals surface area contributed by atoms with Gasteiger partial charge in [0.15, 0.2) is 6.29 Å². The van der Waals surface area contributed by atoms with Crippen molar-refractivity contribution in [2.45, 2.75) is 69.4 Å². The Morgan fingerprint density at radius 2 is 2.15 bits per heavy atom. The fraction of sp³-hybridized carbons (Fsp3) is 0.485. The molecule has 13 nitrogen and oxygen atoms in total. The molecule has 258 valence electrons. The first-order chi connectivity index (χ1) is 27.7. The molecule has 15 heteroatoms. The van der Waals surface area contributed by atoms with Crippen LogP contribution in [0.1, 0.15) is 52.8 Å². The highest BCUT2D eigenvalue weighted by Gasteiger charge is 2.44. The monoisotopic (exact) mass is 711 g/mol. The summed E-state index contributed by atoms with van der Waals surface area (Å²) in [6.45, 7) is -13.1. The quantitative estimate of drug-likeness (QED) is 0.174. The number of nitrogens with zero attached hydrogens (tertiary/aromatic N) is 3. The van der Waals surface area contributed by atoms with Gasteiger partial charge in [-0.15, -0.1) is 11.3 Å². The standard InChI is InChI=1S/C33H41N5O8S2/c1-20(2)15-38(48(41,42)26-8-9-28-23(13-26)14-34-37-28)16-30(39)29(36-33(40)46-31-18-45-32-27(31)10-11-43-32)12-22-4-6-25(7-5-22)44-17-24-19-47-21(3)35-24/h4-9,13-14,19-20,27,29-32,39H,10-12,15-18H2,1-3H3,(H,34,37)(H,36,40)/t27-,29-,30+,31-,32+/m0/s1/i1D3,2D3,17D2,18D2,20D,31D. The lowest BCUT2D eigenvalue weighted by molar-refractivity contribution is -0.0907. The first kappa shape index (κ1) is 22.2. The fourth-order valence-corrected chi connectivity index (χ4v) is 7.24. The Hall–Kier alpha value is -3.60. The van der Waals surface area contributed by atoms with E-state index in [1.807, 2.05) is 0 Å². The Morgan fingerprint density at radius 1 is 1.31 bits per heavy atom. The van der Waals surface area contributed by atoms with Crippen LogP contribution >= 0.6 is 11.3 Å². The molecule has 0 unspecified atom stereocenters. The number of hydrogen-bond donors (Lipinski definition) is 3. The van der Waals surface area contributed by atoms with Crippen molar-refractivity contribution in [2.75, 3.05) is 26.3 Å². The lowest BCUT2D eigenvalue weighted by Gasteiger charge is -2.31. The van der Waals surface area contributed by atoms with Gasteiger partial charge in [0.1, 0.15) is 18.4 Å². The minimum atomic E-state index is -4.95. The van der Waals surface area contributed by atoms with Crippen LogP contribution in [0, 0.1) is 18.7 Å². The van der Waals surface area contributed by atoms with Crippen LogP contribution in [0.3, 0.4) is 0 Å². The molecule has 2 aromatic heterocycles. The summed E-state index contributed by atoms with van der Waals surface area (Å²) in [6.07, 6.45) is -6.29. The second kappa shape index (κ2) is 14.9. The van der Waals surface area contributed by atoms with Crippen molar-refractivity contribution in [1.82, 2.24) is 24.8 Å². The van der Waals surface area contributed by atoms with Gasteiger partial charge in [0, 0.05) is 33.5 Å². The third-order valence-corrected chi connectivity index (χ3v) is 10.2. The zero-order valence-electron chi connectivity index (χ0n) is 37.5. The van der Waals surface area contributed by atoms with Gasteiger partial charge in [-0.1, -0.05) is 25.8 Å². The van der Waals surface area contributed by atoms with E-state index >= 15 is 0 Å². The molecule has 5 atom stereocenters. The maximum absolute atomic E-state index is 14.4. The van der Waals surface area contributed by atoms with E-state index in [9.17, 15) is 18.3 Å². The fourth-order valence-electron chi connectivity index (χ4n) is 5.25. The van der Waals surface area contributed by atoms with Gasteiger partial charge in [-0.3, -0.25) is 5.10 Å². The average molecular weight is 712 g/mol. The Balaban J connectivity index is 1.33. The summed E-state index contributed by atoms with van der Waals surface area (Å²) in [5.41, 5.74) is 0.784. The highest BCUT2D eigenvalue weighted by Crippen LogP contribution is 2.33. The van der Waals surface area contributed by atoms with Crippen LogP contribution in [0.2, 0.25) is 0 Å². The first-order valence-electron chi connectivity index (χ1n) is 20.8. The van der Waals surface area contributed by atoms with E-state index in [1.54, 1.807) is 6.92 Å². The van der Waals surface area contributed by atoms with Crippen LogP contribution in [0.25, 0.3) is 10.9 Å². The number of carbonyl (C=O) groups is 1. The van der Waals surface area contributed by atoms with E-state index in [4.69, 9.17) is 35.4 Å². The normalized spacial score (nSPS) is 28.0. The highest BCUT2D eigenvalue weighted by atomic mass is 32.2. The summed E-state index contributed by atoms with van der Waals surface area (Å²) < 4.78 is 149. The molecule has 0 saturated carbocycles. The van der Waals surface area contributed by atoms with Gasteiger partial charge in [0.25, 0.3) is 0 Å². The number of carbonyl (C=O) groups excluding carboxylic acids is 1. The number of benzene rings is 2. The Labute approximate surface area is 300 Å². The van der Waals surface area contributed by atoms with Crippen LogP contribution in [0.5, 0.6) is 5.75 Å². The first-order valence-corrected chi connectivity index (χ1v) is 17.1. The SMILES string of the molecule is [2H]C([2H])(Oc1ccc(C[C@H](NC(=O)O[C@]2([2H])[C@@H]3CCO[C@@H]3OC2([2H])[2H])[C@H](O)CN(CC([2H])(C([2H])([2H])[2H])C([2H])([2H])[2H])S(=O)(=O)c2ccc3[nH]ncc3c2)cc1)c1csc(C)n1. The highest BCUT2D eigenvalue weighted by molar-refractivity contribution is 7.89. The number of aromatic nitrogens is 3. The maximum Gasteiger partial charge on any atom is 0.407 e. The largest absolute Gasteiger partial charge is 0.487 e. The molecular formula is C33H41N5O8S2.